The lowest BCUT2D eigenvalue weighted by Gasteiger charge is -2.05. The van der Waals surface area contributed by atoms with Crippen LogP contribution in [-0.2, 0) is 5.75 Å². The molecule has 0 aliphatic rings. The van der Waals surface area contributed by atoms with Crippen LogP contribution in [0, 0.1) is 0 Å². The van der Waals surface area contributed by atoms with E-state index in [1.807, 2.05) is 35.2 Å². The van der Waals surface area contributed by atoms with Crippen LogP contribution in [0.25, 0.3) is 5.82 Å². The molecule has 4 nitrogen and oxygen atoms in total. The van der Waals surface area contributed by atoms with Gasteiger partial charge in [0.2, 0.25) is 0 Å². The number of pyridine rings is 1. The highest BCUT2D eigenvalue weighted by Gasteiger charge is 2.00. The van der Waals surface area contributed by atoms with E-state index in [0.717, 1.165) is 17.3 Å². The first-order valence-corrected chi connectivity index (χ1v) is 7.54. The van der Waals surface area contributed by atoms with E-state index in [1.54, 1.807) is 31.4 Å². The van der Waals surface area contributed by atoms with Crippen LogP contribution >= 0.6 is 11.8 Å². The molecule has 0 N–H and O–H groups in total. The summed E-state index contributed by atoms with van der Waals surface area (Å²) in [5, 5.41) is 0. The number of hydrogen-bond donors (Lipinski definition) is 0. The summed E-state index contributed by atoms with van der Waals surface area (Å²) in [5.41, 5.74) is 1.19. The molecule has 0 radical (unpaired) electrons. The van der Waals surface area contributed by atoms with Gasteiger partial charge in [-0.05, 0) is 35.9 Å². The second kappa shape index (κ2) is 6.45. The van der Waals surface area contributed by atoms with Gasteiger partial charge >= 0.3 is 0 Å². The minimum Gasteiger partial charge on any atom is -0.497 e. The third-order valence-corrected chi connectivity index (χ3v) is 4.13. The van der Waals surface area contributed by atoms with Crippen molar-refractivity contribution in [1.82, 2.24) is 14.5 Å². The zero-order valence-corrected chi connectivity index (χ0v) is 12.5. The van der Waals surface area contributed by atoms with Crippen LogP contribution in [0.1, 0.15) is 5.56 Å². The van der Waals surface area contributed by atoms with Crippen LogP contribution < -0.4 is 4.74 Å². The van der Waals surface area contributed by atoms with Gasteiger partial charge in [-0.15, -0.1) is 11.8 Å². The fraction of sp³-hybridized carbons (Fsp3) is 0.125. The Morgan fingerprint density at radius 3 is 2.62 bits per heavy atom. The smallest absolute Gasteiger partial charge is 0.137 e. The van der Waals surface area contributed by atoms with Gasteiger partial charge in [0.15, 0.2) is 0 Å². The molecule has 3 rings (SSSR count). The molecule has 0 fully saturated rings. The summed E-state index contributed by atoms with van der Waals surface area (Å²) in [6.45, 7) is 0. The molecular formula is C16H15N3OS. The number of imidazole rings is 1. The van der Waals surface area contributed by atoms with Gasteiger partial charge in [0.25, 0.3) is 0 Å². The molecule has 21 heavy (non-hydrogen) atoms. The SMILES string of the molecule is COc1ccc(SCc2ccc(-n3ccnc3)nc2)cc1. The second-order valence-corrected chi connectivity index (χ2v) is 5.51. The van der Waals surface area contributed by atoms with Crippen molar-refractivity contribution in [3.63, 3.8) is 0 Å². The van der Waals surface area contributed by atoms with E-state index in [1.165, 1.54) is 10.5 Å². The Balaban J connectivity index is 1.62. The van der Waals surface area contributed by atoms with Crippen molar-refractivity contribution in [3.05, 3.63) is 66.9 Å². The molecule has 2 heterocycles. The first-order valence-electron chi connectivity index (χ1n) is 6.55. The van der Waals surface area contributed by atoms with Gasteiger partial charge in [0.05, 0.1) is 7.11 Å². The zero-order valence-electron chi connectivity index (χ0n) is 11.6. The van der Waals surface area contributed by atoms with Crippen LogP contribution in [0.2, 0.25) is 0 Å². The molecule has 0 amide bonds. The van der Waals surface area contributed by atoms with Crippen LogP contribution in [0.4, 0.5) is 0 Å². The van der Waals surface area contributed by atoms with Gasteiger partial charge < -0.3 is 4.74 Å². The van der Waals surface area contributed by atoms with Crippen molar-refractivity contribution in [3.8, 4) is 11.6 Å². The van der Waals surface area contributed by atoms with Crippen molar-refractivity contribution in [2.45, 2.75) is 10.6 Å². The lowest BCUT2D eigenvalue weighted by Crippen LogP contribution is -1.94. The summed E-state index contributed by atoms with van der Waals surface area (Å²) in [5.74, 6) is 2.65. The average molecular weight is 297 g/mol. The maximum atomic E-state index is 5.15. The van der Waals surface area contributed by atoms with Gasteiger partial charge in [0, 0.05) is 29.2 Å². The minimum atomic E-state index is 0.880. The van der Waals surface area contributed by atoms with Gasteiger partial charge in [-0.25, -0.2) is 9.97 Å². The van der Waals surface area contributed by atoms with E-state index < -0.39 is 0 Å². The normalized spacial score (nSPS) is 10.5. The first kappa shape index (κ1) is 13.7. The van der Waals surface area contributed by atoms with Crippen molar-refractivity contribution >= 4 is 11.8 Å². The van der Waals surface area contributed by atoms with E-state index in [0.29, 0.717) is 0 Å². The highest BCUT2D eigenvalue weighted by Crippen LogP contribution is 2.24. The summed E-state index contributed by atoms with van der Waals surface area (Å²) in [6, 6.07) is 12.2. The average Bonchev–Trinajstić information content (AvgIpc) is 3.08. The Hall–Kier alpha value is -2.27. The molecule has 1 aromatic carbocycles. The molecule has 0 unspecified atom stereocenters. The maximum Gasteiger partial charge on any atom is 0.137 e. The molecule has 0 atom stereocenters. The van der Waals surface area contributed by atoms with Gasteiger partial charge in [-0.1, -0.05) is 6.07 Å². The summed E-state index contributed by atoms with van der Waals surface area (Å²) in [6.07, 6.45) is 7.28. The zero-order chi connectivity index (χ0) is 14.5. The maximum absolute atomic E-state index is 5.15. The quantitative estimate of drug-likeness (QED) is 0.675. The minimum absolute atomic E-state index is 0.880. The Morgan fingerprint density at radius 2 is 2.00 bits per heavy atom. The fourth-order valence-corrected chi connectivity index (χ4v) is 2.72. The Bertz CT molecular complexity index is 679. The largest absolute Gasteiger partial charge is 0.497 e. The third kappa shape index (κ3) is 3.44. The van der Waals surface area contributed by atoms with E-state index in [9.17, 15) is 0 Å². The predicted molar refractivity (Wildman–Crippen MR) is 83.9 cm³/mol. The van der Waals surface area contributed by atoms with Crippen molar-refractivity contribution in [2.75, 3.05) is 7.11 Å². The Morgan fingerprint density at radius 1 is 1.14 bits per heavy atom. The number of methoxy groups -OCH3 is 1. The van der Waals surface area contributed by atoms with E-state index in [-0.39, 0.29) is 0 Å². The lowest BCUT2D eigenvalue weighted by molar-refractivity contribution is 0.414. The van der Waals surface area contributed by atoms with Crippen molar-refractivity contribution < 1.29 is 4.74 Å². The van der Waals surface area contributed by atoms with Gasteiger partial charge in [-0.3, -0.25) is 4.57 Å². The predicted octanol–water partition coefficient (Wildman–Crippen LogP) is 3.57. The number of aromatic nitrogens is 3. The number of rotatable bonds is 5. The van der Waals surface area contributed by atoms with Crippen molar-refractivity contribution in [1.29, 1.82) is 0 Å². The molecule has 3 aromatic rings. The number of nitrogens with zero attached hydrogens (tertiary/aromatic N) is 3. The molecule has 0 aliphatic carbocycles. The molecule has 106 valence electrons. The van der Waals surface area contributed by atoms with Gasteiger partial charge in [-0.2, -0.15) is 0 Å². The van der Waals surface area contributed by atoms with E-state index in [2.05, 4.69) is 28.2 Å². The molecule has 0 aliphatic heterocycles. The molecule has 0 bridgehead atoms. The summed E-state index contributed by atoms with van der Waals surface area (Å²) in [4.78, 5) is 9.69. The van der Waals surface area contributed by atoms with Crippen LogP contribution in [-0.4, -0.2) is 21.6 Å². The number of hydrogen-bond acceptors (Lipinski definition) is 4. The first-order chi connectivity index (χ1) is 10.3. The molecule has 0 spiro atoms. The Labute approximate surface area is 127 Å². The number of benzene rings is 1. The number of thioether (sulfide) groups is 1. The molecular weight excluding hydrogens is 282 g/mol. The van der Waals surface area contributed by atoms with Crippen LogP contribution in [0.5, 0.6) is 5.75 Å². The summed E-state index contributed by atoms with van der Waals surface area (Å²) < 4.78 is 7.04. The van der Waals surface area contributed by atoms with E-state index >= 15 is 0 Å². The fourth-order valence-electron chi connectivity index (χ4n) is 1.89. The molecule has 0 saturated carbocycles. The van der Waals surface area contributed by atoms with Crippen LogP contribution in [0.3, 0.4) is 0 Å². The molecule has 2 aromatic heterocycles. The highest BCUT2D eigenvalue weighted by atomic mass is 32.2. The molecule has 0 saturated heterocycles. The Kier molecular flexibility index (Phi) is 4.21. The third-order valence-electron chi connectivity index (χ3n) is 3.04. The van der Waals surface area contributed by atoms with E-state index in [4.69, 9.17) is 4.74 Å². The monoisotopic (exact) mass is 297 g/mol. The highest BCUT2D eigenvalue weighted by molar-refractivity contribution is 7.98. The lowest BCUT2D eigenvalue weighted by atomic mass is 10.3. The number of ether oxygens (including phenoxy) is 1. The summed E-state index contributed by atoms with van der Waals surface area (Å²) in [7, 11) is 1.68. The molecule has 5 heteroatoms. The van der Waals surface area contributed by atoms with Gasteiger partial charge in [0.1, 0.15) is 17.9 Å². The van der Waals surface area contributed by atoms with Crippen LogP contribution in [0.15, 0.2) is 66.2 Å². The van der Waals surface area contributed by atoms with Crippen molar-refractivity contribution in [2.24, 2.45) is 0 Å². The topological polar surface area (TPSA) is 39.9 Å². The summed E-state index contributed by atoms with van der Waals surface area (Å²) >= 11 is 1.78. The standard InChI is InChI=1S/C16H15N3OS/c1-20-14-3-5-15(6-4-14)21-11-13-2-7-16(18-10-13)19-9-8-17-12-19/h2-10,12H,11H2,1H3. The second-order valence-electron chi connectivity index (χ2n) is 4.46.